The van der Waals surface area contributed by atoms with Gasteiger partial charge in [-0.15, -0.1) is 0 Å². The number of hydrogen-bond acceptors (Lipinski definition) is 5. The Labute approximate surface area is 193 Å². The third-order valence-electron chi connectivity index (χ3n) is 5.20. The number of nitrogens with two attached hydrogens (primary N) is 1. The first-order valence-corrected chi connectivity index (χ1v) is 10.7. The van der Waals surface area contributed by atoms with Gasteiger partial charge in [-0.1, -0.05) is 49.1 Å². The Balaban J connectivity index is 0.00000122. The van der Waals surface area contributed by atoms with Crippen LogP contribution in [0.3, 0.4) is 0 Å². The summed E-state index contributed by atoms with van der Waals surface area (Å²) < 4.78 is 19.6. The van der Waals surface area contributed by atoms with Gasteiger partial charge >= 0.3 is 0 Å². The molecule has 33 heavy (non-hydrogen) atoms. The number of oxazole rings is 1. The summed E-state index contributed by atoms with van der Waals surface area (Å²) in [6, 6.07) is 5.86. The van der Waals surface area contributed by atoms with Crippen molar-refractivity contribution < 1.29 is 23.5 Å². The number of allylic oxidation sites excluding steroid dienone is 5. The first-order valence-electron chi connectivity index (χ1n) is 10.7. The molecule has 3 N–H and O–H groups in total. The number of nitrogens with zero attached hydrogens (tertiary/aromatic N) is 2. The SMILES string of the molecule is C=CC=C(C=CC)c1coc(C2CCCN2C(=O)CC(N)Cc2ccccc2F)n1.O=CO. The van der Waals surface area contributed by atoms with Gasteiger partial charge in [0.25, 0.3) is 6.47 Å². The topological polar surface area (TPSA) is 110 Å². The van der Waals surface area contributed by atoms with Crippen molar-refractivity contribution in [3.63, 3.8) is 0 Å². The molecule has 1 amide bonds. The number of aromatic nitrogens is 1. The van der Waals surface area contributed by atoms with Crippen LogP contribution < -0.4 is 5.73 Å². The van der Waals surface area contributed by atoms with Gasteiger partial charge in [-0.3, -0.25) is 9.59 Å². The minimum absolute atomic E-state index is 0.0589. The lowest BCUT2D eigenvalue weighted by Crippen LogP contribution is -2.36. The predicted molar refractivity (Wildman–Crippen MR) is 125 cm³/mol. The van der Waals surface area contributed by atoms with Crippen LogP contribution in [-0.4, -0.2) is 40.0 Å². The van der Waals surface area contributed by atoms with Gasteiger partial charge in [0.05, 0.1) is 0 Å². The van der Waals surface area contributed by atoms with E-state index in [0.717, 1.165) is 18.4 Å². The van der Waals surface area contributed by atoms with E-state index < -0.39 is 6.04 Å². The summed E-state index contributed by atoms with van der Waals surface area (Å²) in [5.41, 5.74) is 8.29. The summed E-state index contributed by atoms with van der Waals surface area (Å²) in [4.78, 5) is 27.7. The zero-order chi connectivity index (χ0) is 24.2. The highest BCUT2D eigenvalue weighted by Crippen LogP contribution is 2.33. The van der Waals surface area contributed by atoms with Crippen molar-refractivity contribution >= 4 is 18.0 Å². The molecule has 0 aliphatic carbocycles. The number of halogens is 1. The molecule has 0 spiro atoms. The molecule has 1 aliphatic heterocycles. The van der Waals surface area contributed by atoms with Crippen LogP contribution in [0.2, 0.25) is 0 Å². The molecule has 1 aliphatic rings. The largest absolute Gasteiger partial charge is 0.483 e. The lowest BCUT2D eigenvalue weighted by atomic mass is 10.0. The Bertz CT molecular complexity index is 999. The average molecular weight is 456 g/mol. The van der Waals surface area contributed by atoms with Crippen LogP contribution in [0.4, 0.5) is 4.39 Å². The van der Waals surface area contributed by atoms with E-state index in [9.17, 15) is 9.18 Å². The maximum atomic E-state index is 13.9. The van der Waals surface area contributed by atoms with Crippen LogP contribution in [0.25, 0.3) is 5.57 Å². The second-order valence-corrected chi connectivity index (χ2v) is 7.54. The summed E-state index contributed by atoms with van der Waals surface area (Å²) >= 11 is 0. The Morgan fingerprint density at radius 3 is 2.85 bits per heavy atom. The number of carbonyl (C=O) groups excluding carboxylic acids is 1. The zero-order valence-electron chi connectivity index (χ0n) is 18.7. The number of carboxylic acid groups (broad SMARTS) is 1. The number of rotatable bonds is 8. The van der Waals surface area contributed by atoms with Gasteiger partial charge in [0.2, 0.25) is 11.8 Å². The summed E-state index contributed by atoms with van der Waals surface area (Å²) in [6.07, 6.45) is 11.2. The van der Waals surface area contributed by atoms with Gasteiger partial charge in [-0.2, -0.15) is 0 Å². The van der Waals surface area contributed by atoms with E-state index in [4.69, 9.17) is 20.1 Å². The molecule has 2 heterocycles. The van der Waals surface area contributed by atoms with E-state index in [1.54, 1.807) is 35.4 Å². The Morgan fingerprint density at radius 1 is 1.45 bits per heavy atom. The maximum Gasteiger partial charge on any atom is 0.290 e. The molecule has 2 aromatic rings. The molecule has 3 rings (SSSR count). The van der Waals surface area contributed by atoms with Crippen molar-refractivity contribution in [3.05, 3.63) is 84.4 Å². The number of hydrogen-bond donors (Lipinski definition) is 2. The fourth-order valence-electron chi connectivity index (χ4n) is 3.79. The average Bonchev–Trinajstić information content (AvgIpc) is 3.45. The minimum Gasteiger partial charge on any atom is -0.483 e. The van der Waals surface area contributed by atoms with Gasteiger partial charge < -0.3 is 20.2 Å². The fraction of sp³-hybridized carbons (Fsp3) is 0.320. The van der Waals surface area contributed by atoms with Crippen LogP contribution in [0.15, 0.2) is 65.8 Å². The van der Waals surface area contributed by atoms with E-state index in [1.165, 1.54) is 6.07 Å². The van der Waals surface area contributed by atoms with E-state index in [1.807, 2.05) is 25.2 Å². The van der Waals surface area contributed by atoms with Crippen molar-refractivity contribution in [2.75, 3.05) is 6.54 Å². The quantitative estimate of drug-likeness (QED) is 0.454. The summed E-state index contributed by atoms with van der Waals surface area (Å²) in [5, 5.41) is 6.89. The molecule has 7 nitrogen and oxygen atoms in total. The lowest BCUT2D eigenvalue weighted by Gasteiger charge is -2.24. The third kappa shape index (κ3) is 7.25. The number of amides is 1. The smallest absolute Gasteiger partial charge is 0.290 e. The highest BCUT2D eigenvalue weighted by molar-refractivity contribution is 5.77. The second kappa shape index (κ2) is 13.1. The Morgan fingerprint density at radius 2 is 2.18 bits per heavy atom. The molecule has 2 unspecified atom stereocenters. The number of likely N-dealkylation sites (tertiary alicyclic amines) is 1. The Hall–Kier alpha value is -3.52. The van der Waals surface area contributed by atoms with E-state index in [2.05, 4.69) is 11.6 Å². The molecular formula is C25H30FN3O4. The number of benzene rings is 1. The molecule has 176 valence electrons. The van der Waals surface area contributed by atoms with Crippen molar-refractivity contribution in [3.8, 4) is 0 Å². The van der Waals surface area contributed by atoms with Crippen LogP contribution >= 0.6 is 0 Å². The first kappa shape index (κ1) is 25.7. The van der Waals surface area contributed by atoms with E-state index in [-0.39, 0.29) is 30.7 Å². The Kier molecular flexibility index (Phi) is 10.2. The highest BCUT2D eigenvalue weighted by atomic mass is 19.1. The highest BCUT2D eigenvalue weighted by Gasteiger charge is 2.34. The molecule has 8 heteroatoms. The van der Waals surface area contributed by atoms with Gasteiger partial charge in [0.15, 0.2) is 0 Å². The van der Waals surface area contributed by atoms with Gasteiger partial charge in [0.1, 0.15) is 23.8 Å². The molecule has 1 aromatic heterocycles. The van der Waals surface area contributed by atoms with Crippen LogP contribution in [0, 0.1) is 5.82 Å². The van der Waals surface area contributed by atoms with Crippen molar-refractivity contribution in [1.82, 2.24) is 9.88 Å². The molecule has 0 saturated carbocycles. The van der Waals surface area contributed by atoms with Crippen molar-refractivity contribution in [2.24, 2.45) is 5.73 Å². The zero-order valence-corrected chi connectivity index (χ0v) is 18.7. The van der Waals surface area contributed by atoms with E-state index in [0.29, 0.717) is 30.1 Å². The van der Waals surface area contributed by atoms with Gasteiger partial charge in [-0.25, -0.2) is 9.37 Å². The van der Waals surface area contributed by atoms with Gasteiger partial charge in [0, 0.05) is 24.6 Å². The van der Waals surface area contributed by atoms with Gasteiger partial charge in [-0.05, 0) is 37.8 Å². The standard InChI is InChI=1S/C24H28FN3O2.CH2O2/c1-3-8-17(9-4-2)21-16-30-24(27-21)22-12-7-13-28(22)23(29)15-19(26)14-18-10-5-6-11-20(18)25;2-1-3/h3-6,8-11,16,19,22H,1,7,12-15,26H2,2H3;1H,(H,2,3). The normalized spacial score (nSPS) is 16.9. The monoisotopic (exact) mass is 455 g/mol. The number of carbonyl (C=O) groups is 2. The molecule has 2 atom stereocenters. The first-order chi connectivity index (χ1) is 15.9. The molecule has 1 saturated heterocycles. The maximum absolute atomic E-state index is 13.9. The van der Waals surface area contributed by atoms with Crippen molar-refractivity contribution in [1.29, 1.82) is 0 Å². The molecular weight excluding hydrogens is 425 g/mol. The summed E-state index contributed by atoms with van der Waals surface area (Å²) in [5.74, 6) is 0.172. The summed E-state index contributed by atoms with van der Waals surface area (Å²) in [6.45, 7) is 6.05. The molecule has 0 bridgehead atoms. The molecule has 0 radical (unpaired) electrons. The van der Waals surface area contributed by atoms with Crippen LogP contribution in [0.1, 0.15) is 49.4 Å². The minimum atomic E-state index is -0.451. The second-order valence-electron chi connectivity index (χ2n) is 7.54. The van der Waals surface area contributed by atoms with E-state index >= 15 is 0 Å². The third-order valence-corrected chi connectivity index (χ3v) is 5.20. The predicted octanol–water partition coefficient (Wildman–Crippen LogP) is 4.28. The van der Waals surface area contributed by atoms with Crippen LogP contribution in [-0.2, 0) is 16.0 Å². The molecule has 1 aromatic carbocycles. The van der Waals surface area contributed by atoms with Crippen molar-refractivity contribution in [2.45, 2.75) is 44.7 Å². The van der Waals surface area contributed by atoms with Crippen LogP contribution in [0.5, 0.6) is 0 Å². The summed E-state index contributed by atoms with van der Waals surface area (Å²) in [7, 11) is 0. The molecule has 1 fully saturated rings. The fourth-order valence-corrected chi connectivity index (χ4v) is 3.79. The lowest BCUT2D eigenvalue weighted by molar-refractivity contribution is -0.133.